The molecule has 0 saturated carbocycles. The van der Waals surface area contributed by atoms with Crippen LogP contribution in [0.15, 0.2) is 0 Å². The average molecular weight is 373 g/mol. The summed E-state index contributed by atoms with van der Waals surface area (Å²) < 4.78 is 2.74. The lowest BCUT2D eigenvalue weighted by Gasteiger charge is -2.12. The van der Waals surface area contributed by atoms with E-state index in [0.717, 1.165) is 32.4 Å². The van der Waals surface area contributed by atoms with E-state index >= 15 is 0 Å². The zero-order chi connectivity index (χ0) is 13.8. The van der Waals surface area contributed by atoms with Gasteiger partial charge in [0, 0.05) is 29.4 Å². The fraction of sp³-hybridized carbons (Fsp3) is 0.909. The summed E-state index contributed by atoms with van der Waals surface area (Å²) in [6, 6.07) is -0.466. The van der Waals surface area contributed by atoms with Crippen LogP contribution in [-0.2, 0) is 4.79 Å². The van der Waals surface area contributed by atoms with Crippen molar-refractivity contribution in [1.29, 1.82) is 0 Å². The highest BCUT2D eigenvalue weighted by atomic mass is 127. The Morgan fingerprint density at radius 3 is 2.56 bits per heavy atom. The van der Waals surface area contributed by atoms with Gasteiger partial charge in [-0.3, -0.25) is 4.79 Å². The van der Waals surface area contributed by atoms with Crippen LogP contribution in [0.4, 0.5) is 0 Å². The third kappa shape index (κ3) is 10.0. The molecule has 0 rings (SSSR count). The quantitative estimate of drug-likeness (QED) is 0.189. The Balaban J connectivity index is 3.37. The zero-order valence-electron chi connectivity index (χ0n) is 10.8. The molecular formula is C11H24IN3O3. The number of aliphatic hydroxyl groups is 1. The summed E-state index contributed by atoms with van der Waals surface area (Å²) in [6.45, 7) is 2.21. The van der Waals surface area contributed by atoms with Crippen molar-refractivity contribution in [1.82, 2.24) is 14.2 Å². The molecular weight excluding hydrogens is 349 g/mol. The van der Waals surface area contributed by atoms with E-state index in [1.54, 1.807) is 0 Å². The van der Waals surface area contributed by atoms with Crippen molar-refractivity contribution in [3.63, 3.8) is 0 Å². The molecule has 0 aromatic carbocycles. The molecule has 6 nitrogen and oxygen atoms in total. The molecule has 2 atom stereocenters. The van der Waals surface area contributed by atoms with Gasteiger partial charge < -0.3 is 20.8 Å². The first-order valence-electron chi connectivity index (χ1n) is 6.24. The number of halogens is 1. The van der Waals surface area contributed by atoms with Gasteiger partial charge in [-0.1, -0.05) is 6.42 Å². The standard InChI is InChI=1S/C11H24IN3O3/c1-13-7-5-9(16)8-14-6-3-2-4-10(15-12)11(17)18/h9-10,13-16H,2-8H2,1H3,(H,17,18)/t9-,10-/m0/s1. The predicted molar refractivity (Wildman–Crippen MR) is 79.9 cm³/mol. The van der Waals surface area contributed by atoms with Gasteiger partial charge in [-0.15, -0.1) is 0 Å². The number of nitrogens with one attached hydrogen (secondary N) is 3. The number of unbranched alkanes of at least 4 members (excludes halogenated alkanes) is 1. The van der Waals surface area contributed by atoms with Crippen LogP contribution in [0.25, 0.3) is 0 Å². The summed E-state index contributed by atoms with van der Waals surface area (Å²) in [5.41, 5.74) is 0. The van der Waals surface area contributed by atoms with Crippen molar-refractivity contribution in [2.45, 2.75) is 37.8 Å². The van der Waals surface area contributed by atoms with E-state index in [9.17, 15) is 9.90 Å². The van der Waals surface area contributed by atoms with E-state index in [2.05, 4.69) is 14.2 Å². The molecule has 0 spiro atoms. The number of hydrogen-bond acceptors (Lipinski definition) is 5. The molecule has 0 amide bonds. The topological polar surface area (TPSA) is 93.6 Å². The summed E-state index contributed by atoms with van der Waals surface area (Å²) in [5, 5.41) is 24.5. The second-order valence-corrected chi connectivity index (χ2v) is 4.87. The Morgan fingerprint density at radius 2 is 2.00 bits per heavy atom. The Kier molecular flexibility index (Phi) is 12.1. The lowest BCUT2D eigenvalue weighted by atomic mass is 10.1. The highest BCUT2D eigenvalue weighted by molar-refractivity contribution is 14.1. The molecule has 0 aliphatic rings. The number of carbonyl (C=O) groups is 1. The molecule has 0 unspecified atom stereocenters. The van der Waals surface area contributed by atoms with Gasteiger partial charge in [0.05, 0.1) is 6.10 Å². The summed E-state index contributed by atoms with van der Waals surface area (Å²) >= 11 is 1.87. The molecule has 0 heterocycles. The second kappa shape index (κ2) is 12.1. The van der Waals surface area contributed by atoms with Gasteiger partial charge in [0.1, 0.15) is 6.04 Å². The van der Waals surface area contributed by atoms with Gasteiger partial charge in [0.15, 0.2) is 0 Å². The van der Waals surface area contributed by atoms with Gasteiger partial charge in [-0.2, -0.15) is 0 Å². The minimum absolute atomic E-state index is 0.319. The summed E-state index contributed by atoms with van der Waals surface area (Å²) in [4.78, 5) is 10.7. The third-order valence-electron chi connectivity index (χ3n) is 2.63. The van der Waals surface area contributed by atoms with E-state index in [4.69, 9.17) is 5.11 Å². The fourth-order valence-electron chi connectivity index (χ4n) is 1.50. The van der Waals surface area contributed by atoms with Crippen LogP contribution in [0.3, 0.4) is 0 Å². The number of aliphatic hydroxyl groups excluding tert-OH is 1. The average Bonchev–Trinajstić information content (AvgIpc) is 2.35. The largest absolute Gasteiger partial charge is 0.480 e. The molecule has 0 fully saturated rings. The predicted octanol–water partition coefficient (Wildman–Crippen LogP) is 0.110. The van der Waals surface area contributed by atoms with Crippen molar-refractivity contribution in [2.24, 2.45) is 0 Å². The van der Waals surface area contributed by atoms with Crippen LogP contribution in [-0.4, -0.2) is 55.0 Å². The van der Waals surface area contributed by atoms with Crippen LogP contribution in [0.1, 0.15) is 25.7 Å². The highest BCUT2D eigenvalue weighted by Gasteiger charge is 2.14. The Morgan fingerprint density at radius 1 is 1.28 bits per heavy atom. The molecule has 5 N–H and O–H groups in total. The van der Waals surface area contributed by atoms with Gasteiger partial charge in [-0.25, -0.2) is 3.53 Å². The third-order valence-corrected chi connectivity index (χ3v) is 3.39. The molecule has 0 aliphatic heterocycles. The van der Waals surface area contributed by atoms with Gasteiger partial charge in [-0.05, 0) is 39.4 Å². The number of carboxylic acids is 1. The molecule has 0 saturated heterocycles. The maximum atomic E-state index is 10.7. The van der Waals surface area contributed by atoms with Crippen molar-refractivity contribution in [3.8, 4) is 0 Å². The maximum absolute atomic E-state index is 10.7. The molecule has 18 heavy (non-hydrogen) atoms. The fourth-order valence-corrected chi connectivity index (χ4v) is 2.08. The molecule has 0 aromatic rings. The SMILES string of the molecule is CNCC[C@H](O)CNCCCC[C@H](NI)C(=O)O. The van der Waals surface area contributed by atoms with Crippen molar-refractivity contribution in [3.05, 3.63) is 0 Å². The summed E-state index contributed by atoms with van der Waals surface area (Å²) in [5.74, 6) is -0.806. The lowest BCUT2D eigenvalue weighted by molar-refractivity contribution is -0.138. The Bertz CT molecular complexity index is 220. The number of aliphatic carboxylic acids is 1. The maximum Gasteiger partial charge on any atom is 0.321 e. The van der Waals surface area contributed by atoms with E-state index in [1.807, 2.05) is 29.9 Å². The lowest BCUT2D eigenvalue weighted by Crippen LogP contribution is -2.31. The smallest absolute Gasteiger partial charge is 0.321 e. The molecule has 7 heteroatoms. The van der Waals surface area contributed by atoms with E-state index < -0.39 is 12.0 Å². The van der Waals surface area contributed by atoms with E-state index in [1.165, 1.54) is 0 Å². The molecule has 0 aromatic heterocycles. The highest BCUT2D eigenvalue weighted by Crippen LogP contribution is 2.02. The monoisotopic (exact) mass is 373 g/mol. The molecule has 0 bridgehead atoms. The number of hydrogen-bond donors (Lipinski definition) is 5. The second-order valence-electron chi connectivity index (χ2n) is 4.25. The first kappa shape index (κ1) is 18.0. The Hall–Kier alpha value is 0.0400. The van der Waals surface area contributed by atoms with Crippen molar-refractivity contribution >= 4 is 28.8 Å². The number of rotatable bonds is 12. The molecule has 108 valence electrons. The van der Waals surface area contributed by atoms with E-state index in [0.29, 0.717) is 13.0 Å². The summed E-state index contributed by atoms with van der Waals surface area (Å²) in [7, 11) is 1.86. The minimum atomic E-state index is -0.806. The van der Waals surface area contributed by atoms with Crippen LogP contribution in [0, 0.1) is 0 Å². The van der Waals surface area contributed by atoms with Gasteiger partial charge in [0.25, 0.3) is 0 Å². The van der Waals surface area contributed by atoms with Crippen LogP contribution < -0.4 is 14.2 Å². The van der Waals surface area contributed by atoms with Crippen LogP contribution >= 0.6 is 22.9 Å². The number of carboxylic acid groups (broad SMARTS) is 1. The van der Waals surface area contributed by atoms with Gasteiger partial charge >= 0.3 is 5.97 Å². The van der Waals surface area contributed by atoms with Crippen LogP contribution in [0.5, 0.6) is 0 Å². The minimum Gasteiger partial charge on any atom is -0.480 e. The van der Waals surface area contributed by atoms with Crippen molar-refractivity contribution in [2.75, 3.05) is 26.7 Å². The van der Waals surface area contributed by atoms with E-state index in [-0.39, 0.29) is 6.10 Å². The molecule has 0 radical (unpaired) electrons. The van der Waals surface area contributed by atoms with Crippen LogP contribution in [0.2, 0.25) is 0 Å². The summed E-state index contributed by atoms with van der Waals surface area (Å²) in [6.07, 6.45) is 2.82. The van der Waals surface area contributed by atoms with Crippen molar-refractivity contribution < 1.29 is 15.0 Å². The first-order chi connectivity index (χ1) is 8.61. The van der Waals surface area contributed by atoms with Gasteiger partial charge in [0.2, 0.25) is 0 Å². The Labute approximate surface area is 122 Å². The normalized spacial score (nSPS) is 14.4. The molecule has 0 aliphatic carbocycles. The zero-order valence-corrected chi connectivity index (χ0v) is 12.9. The first-order valence-corrected chi connectivity index (χ1v) is 7.32.